The summed E-state index contributed by atoms with van der Waals surface area (Å²) in [7, 11) is 0. The molecule has 1 heterocycles. The first kappa shape index (κ1) is 17.2. The van der Waals surface area contributed by atoms with Gasteiger partial charge in [0.1, 0.15) is 5.82 Å². The number of carbonyl (C=O) groups excluding carboxylic acids is 1. The van der Waals surface area contributed by atoms with Gasteiger partial charge < -0.3 is 9.88 Å². The molecule has 2 aromatic carbocycles. The smallest absolute Gasteiger partial charge is 0.220 e. The summed E-state index contributed by atoms with van der Waals surface area (Å²) in [5, 5.41) is 3.67. The highest BCUT2D eigenvalue weighted by molar-refractivity contribution is 6.30. The molecule has 0 fully saturated rings. The number of halogens is 1. The first-order chi connectivity index (χ1) is 12.1. The summed E-state index contributed by atoms with van der Waals surface area (Å²) in [6.45, 7) is 2.50. The van der Waals surface area contributed by atoms with E-state index in [4.69, 9.17) is 11.6 Å². The second-order valence-corrected chi connectivity index (χ2v) is 6.35. The normalized spacial score (nSPS) is 10.6. The predicted octanol–water partition coefficient (Wildman–Crippen LogP) is 4.08. The van der Waals surface area contributed by atoms with Crippen molar-refractivity contribution in [1.82, 2.24) is 14.9 Å². The largest absolute Gasteiger partial charge is 0.352 e. The number of amides is 1. The van der Waals surface area contributed by atoms with E-state index >= 15 is 0 Å². The fourth-order valence-corrected chi connectivity index (χ4v) is 2.75. The molecule has 0 radical (unpaired) electrons. The summed E-state index contributed by atoms with van der Waals surface area (Å²) in [6, 6.07) is 15.7. The quantitative estimate of drug-likeness (QED) is 0.725. The first-order valence-corrected chi connectivity index (χ1v) is 8.60. The topological polar surface area (TPSA) is 46.9 Å². The van der Waals surface area contributed by atoms with Crippen molar-refractivity contribution in [2.75, 3.05) is 0 Å². The number of nitrogens with zero attached hydrogens (tertiary/aromatic N) is 2. The predicted molar refractivity (Wildman–Crippen MR) is 99.9 cm³/mol. The van der Waals surface area contributed by atoms with Crippen molar-refractivity contribution < 1.29 is 4.79 Å². The van der Waals surface area contributed by atoms with Gasteiger partial charge in [-0.25, -0.2) is 4.98 Å². The van der Waals surface area contributed by atoms with E-state index in [1.807, 2.05) is 66.2 Å². The molecular formula is C20H20ClN3O. The second-order valence-electron chi connectivity index (χ2n) is 5.91. The van der Waals surface area contributed by atoms with Crippen molar-refractivity contribution in [2.45, 2.75) is 26.3 Å². The SMILES string of the molecule is Cc1nccn1-c1ccc(CNC(=O)CCc2ccc(Cl)cc2)cc1. The lowest BCUT2D eigenvalue weighted by molar-refractivity contribution is -0.121. The molecule has 0 atom stereocenters. The lowest BCUT2D eigenvalue weighted by Gasteiger charge is -2.08. The molecule has 0 unspecified atom stereocenters. The van der Waals surface area contributed by atoms with Gasteiger partial charge in [0, 0.05) is 36.1 Å². The number of hydrogen-bond donors (Lipinski definition) is 1. The third-order valence-corrected chi connectivity index (χ3v) is 4.34. The Morgan fingerprint density at radius 3 is 2.40 bits per heavy atom. The van der Waals surface area contributed by atoms with Crippen molar-refractivity contribution >= 4 is 17.5 Å². The fraction of sp³-hybridized carbons (Fsp3) is 0.200. The van der Waals surface area contributed by atoms with Crippen molar-refractivity contribution in [3.8, 4) is 5.69 Å². The van der Waals surface area contributed by atoms with Crippen LogP contribution in [0.15, 0.2) is 60.9 Å². The average Bonchev–Trinajstić information content (AvgIpc) is 3.06. The van der Waals surface area contributed by atoms with Gasteiger partial charge >= 0.3 is 0 Å². The number of aryl methyl sites for hydroxylation is 2. The molecule has 1 N–H and O–H groups in total. The lowest BCUT2D eigenvalue weighted by Crippen LogP contribution is -2.23. The van der Waals surface area contributed by atoms with Crippen LogP contribution in [0.1, 0.15) is 23.4 Å². The minimum absolute atomic E-state index is 0.0458. The van der Waals surface area contributed by atoms with Gasteiger partial charge in [-0.15, -0.1) is 0 Å². The van der Waals surface area contributed by atoms with Gasteiger partial charge in [-0.2, -0.15) is 0 Å². The Bertz CT molecular complexity index is 838. The van der Waals surface area contributed by atoms with E-state index in [1.54, 1.807) is 6.20 Å². The molecular weight excluding hydrogens is 334 g/mol. The van der Waals surface area contributed by atoms with Gasteiger partial charge in [0.25, 0.3) is 0 Å². The van der Waals surface area contributed by atoms with E-state index in [0.717, 1.165) is 22.6 Å². The molecule has 0 bridgehead atoms. The molecule has 1 aromatic heterocycles. The molecule has 5 heteroatoms. The molecule has 1 amide bonds. The molecule has 0 aliphatic heterocycles. The number of imidazole rings is 1. The number of benzene rings is 2. The van der Waals surface area contributed by atoms with E-state index in [9.17, 15) is 4.79 Å². The Labute approximate surface area is 152 Å². The molecule has 0 saturated heterocycles. The standard InChI is InChI=1S/C20H20ClN3O/c1-15-22-12-13-24(15)19-9-4-17(5-10-19)14-23-20(25)11-6-16-2-7-18(21)8-3-16/h2-5,7-10,12-13H,6,11,14H2,1H3,(H,23,25). The maximum atomic E-state index is 12.0. The molecule has 0 aliphatic carbocycles. The summed E-state index contributed by atoms with van der Waals surface area (Å²) < 4.78 is 2.02. The third-order valence-electron chi connectivity index (χ3n) is 4.08. The lowest BCUT2D eigenvalue weighted by atomic mass is 10.1. The van der Waals surface area contributed by atoms with Crippen molar-refractivity contribution in [2.24, 2.45) is 0 Å². The van der Waals surface area contributed by atoms with E-state index in [-0.39, 0.29) is 5.91 Å². The monoisotopic (exact) mass is 353 g/mol. The number of aromatic nitrogens is 2. The number of hydrogen-bond acceptors (Lipinski definition) is 2. The highest BCUT2D eigenvalue weighted by Gasteiger charge is 2.04. The van der Waals surface area contributed by atoms with E-state index in [1.165, 1.54) is 0 Å². The van der Waals surface area contributed by atoms with E-state index < -0.39 is 0 Å². The molecule has 25 heavy (non-hydrogen) atoms. The third kappa shape index (κ3) is 4.70. The van der Waals surface area contributed by atoms with Crippen LogP contribution in [0, 0.1) is 6.92 Å². The Hall–Kier alpha value is -2.59. The van der Waals surface area contributed by atoms with Crippen LogP contribution < -0.4 is 5.32 Å². The molecule has 128 valence electrons. The van der Waals surface area contributed by atoms with Gasteiger partial charge in [0.2, 0.25) is 5.91 Å². The van der Waals surface area contributed by atoms with Crippen LogP contribution in [0.4, 0.5) is 0 Å². The zero-order valence-electron chi connectivity index (χ0n) is 14.1. The maximum Gasteiger partial charge on any atom is 0.220 e. The zero-order valence-corrected chi connectivity index (χ0v) is 14.8. The van der Waals surface area contributed by atoms with Crippen LogP contribution in [0.25, 0.3) is 5.69 Å². The first-order valence-electron chi connectivity index (χ1n) is 8.22. The van der Waals surface area contributed by atoms with Crippen LogP contribution in [-0.4, -0.2) is 15.5 Å². The van der Waals surface area contributed by atoms with Gasteiger partial charge in [0.05, 0.1) is 0 Å². The van der Waals surface area contributed by atoms with Crippen LogP contribution >= 0.6 is 11.6 Å². The van der Waals surface area contributed by atoms with E-state index in [2.05, 4.69) is 10.3 Å². The van der Waals surface area contributed by atoms with Crippen molar-refractivity contribution in [3.63, 3.8) is 0 Å². The Morgan fingerprint density at radius 2 is 1.76 bits per heavy atom. The molecule has 0 saturated carbocycles. The summed E-state index contributed by atoms with van der Waals surface area (Å²) in [5.41, 5.74) is 3.24. The number of nitrogens with one attached hydrogen (secondary N) is 1. The summed E-state index contributed by atoms with van der Waals surface area (Å²) in [4.78, 5) is 16.2. The highest BCUT2D eigenvalue weighted by atomic mass is 35.5. The van der Waals surface area contributed by atoms with E-state index in [0.29, 0.717) is 24.4 Å². The van der Waals surface area contributed by atoms with Crippen LogP contribution in [0.3, 0.4) is 0 Å². The molecule has 3 aromatic rings. The summed E-state index contributed by atoms with van der Waals surface area (Å²) in [5.74, 6) is 0.993. The van der Waals surface area contributed by atoms with Crippen molar-refractivity contribution in [1.29, 1.82) is 0 Å². The molecule has 4 nitrogen and oxygen atoms in total. The minimum atomic E-state index is 0.0458. The molecule has 3 rings (SSSR count). The fourth-order valence-electron chi connectivity index (χ4n) is 2.62. The molecule has 0 aliphatic rings. The average molecular weight is 354 g/mol. The summed E-state index contributed by atoms with van der Waals surface area (Å²) >= 11 is 5.86. The second kappa shape index (κ2) is 7.99. The maximum absolute atomic E-state index is 12.0. The van der Waals surface area contributed by atoms with Crippen LogP contribution in [0.2, 0.25) is 5.02 Å². The Balaban J connectivity index is 1.48. The van der Waals surface area contributed by atoms with Gasteiger partial charge in [-0.1, -0.05) is 35.9 Å². The number of carbonyl (C=O) groups is 1. The van der Waals surface area contributed by atoms with Gasteiger partial charge in [0.15, 0.2) is 0 Å². The Kier molecular flexibility index (Phi) is 5.51. The highest BCUT2D eigenvalue weighted by Crippen LogP contribution is 2.12. The van der Waals surface area contributed by atoms with Crippen LogP contribution in [0.5, 0.6) is 0 Å². The van der Waals surface area contributed by atoms with Gasteiger partial charge in [-0.05, 0) is 48.7 Å². The Morgan fingerprint density at radius 1 is 1.08 bits per heavy atom. The van der Waals surface area contributed by atoms with Crippen molar-refractivity contribution in [3.05, 3.63) is 82.9 Å². The van der Waals surface area contributed by atoms with Crippen LogP contribution in [-0.2, 0) is 17.8 Å². The molecule has 0 spiro atoms. The van der Waals surface area contributed by atoms with Gasteiger partial charge in [-0.3, -0.25) is 4.79 Å². The minimum Gasteiger partial charge on any atom is -0.352 e. The number of rotatable bonds is 6. The summed E-state index contributed by atoms with van der Waals surface area (Å²) in [6.07, 6.45) is 4.89. The zero-order chi connectivity index (χ0) is 17.6.